The first-order valence-corrected chi connectivity index (χ1v) is 10.3. The molecule has 7 nitrogen and oxygen atoms in total. The minimum absolute atomic E-state index is 0.0980. The quantitative estimate of drug-likeness (QED) is 0.727. The fourth-order valence-corrected chi connectivity index (χ4v) is 4.29. The van der Waals surface area contributed by atoms with Gasteiger partial charge in [0.05, 0.1) is 18.2 Å². The normalized spacial score (nSPS) is 22.4. The van der Waals surface area contributed by atoms with Gasteiger partial charge in [0.2, 0.25) is 0 Å². The van der Waals surface area contributed by atoms with Crippen molar-refractivity contribution < 1.29 is 23.4 Å². The molecule has 29 heavy (non-hydrogen) atoms. The van der Waals surface area contributed by atoms with E-state index < -0.39 is 5.82 Å². The summed E-state index contributed by atoms with van der Waals surface area (Å²) in [7, 11) is 0. The molecular weight excluding hydrogens is 377 g/mol. The second kappa shape index (κ2) is 8.87. The maximum atomic E-state index is 14.0. The molecule has 4 rings (SSSR count). The molecule has 3 heterocycles. The lowest BCUT2D eigenvalue weighted by Crippen LogP contribution is -2.44. The van der Waals surface area contributed by atoms with Gasteiger partial charge < -0.3 is 19.1 Å². The average Bonchev–Trinajstić information content (AvgIpc) is 3.14. The minimum atomic E-state index is -0.555. The van der Waals surface area contributed by atoms with E-state index in [4.69, 9.17) is 19.5 Å². The smallest absolute Gasteiger partial charge is 0.409 e. The SMILES string of the molecule is N#Cc1cc(F)c2c(c1)OC(CN1CCC(CCCN3CCOC3=O)CC1)CO2. The molecule has 0 N–H and O–H groups in total. The lowest BCUT2D eigenvalue weighted by molar-refractivity contribution is 0.0445. The highest BCUT2D eigenvalue weighted by Crippen LogP contribution is 2.35. The summed E-state index contributed by atoms with van der Waals surface area (Å²) in [5.74, 6) is 0.538. The van der Waals surface area contributed by atoms with Crippen molar-refractivity contribution in [2.24, 2.45) is 5.92 Å². The van der Waals surface area contributed by atoms with Crippen molar-refractivity contribution in [3.8, 4) is 17.6 Å². The number of benzene rings is 1. The fourth-order valence-electron chi connectivity index (χ4n) is 4.29. The summed E-state index contributed by atoms with van der Waals surface area (Å²) < 4.78 is 30.4. The summed E-state index contributed by atoms with van der Waals surface area (Å²) in [5.41, 5.74) is 0.230. The Hall–Kier alpha value is -2.53. The molecule has 1 unspecified atom stereocenters. The molecular formula is C21H26FN3O4. The van der Waals surface area contributed by atoms with E-state index in [9.17, 15) is 9.18 Å². The summed E-state index contributed by atoms with van der Waals surface area (Å²) in [6.45, 7) is 5.03. The lowest BCUT2D eigenvalue weighted by atomic mass is 9.92. The third kappa shape index (κ3) is 4.73. The number of hydrogen-bond donors (Lipinski definition) is 0. The van der Waals surface area contributed by atoms with Crippen LogP contribution in [0, 0.1) is 23.1 Å². The highest BCUT2D eigenvalue weighted by Gasteiger charge is 2.28. The van der Waals surface area contributed by atoms with Gasteiger partial charge in [-0.15, -0.1) is 0 Å². The van der Waals surface area contributed by atoms with Crippen LogP contribution < -0.4 is 9.47 Å². The van der Waals surface area contributed by atoms with Crippen LogP contribution in [-0.2, 0) is 4.74 Å². The van der Waals surface area contributed by atoms with E-state index in [1.807, 2.05) is 6.07 Å². The highest BCUT2D eigenvalue weighted by molar-refractivity contribution is 5.69. The van der Waals surface area contributed by atoms with Crippen LogP contribution in [0.4, 0.5) is 9.18 Å². The lowest BCUT2D eigenvalue weighted by Gasteiger charge is -2.35. The zero-order chi connectivity index (χ0) is 20.2. The predicted octanol–water partition coefficient (Wildman–Crippen LogP) is 2.78. The van der Waals surface area contributed by atoms with Crippen molar-refractivity contribution in [2.45, 2.75) is 31.8 Å². The number of halogens is 1. The minimum Gasteiger partial charge on any atom is -0.483 e. The number of nitrogens with zero attached hydrogens (tertiary/aromatic N) is 3. The topological polar surface area (TPSA) is 75.0 Å². The zero-order valence-corrected chi connectivity index (χ0v) is 16.4. The van der Waals surface area contributed by atoms with E-state index in [1.54, 1.807) is 4.90 Å². The number of amides is 1. The van der Waals surface area contributed by atoms with E-state index in [1.165, 1.54) is 12.1 Å². The summed E-state index contributed by atoms with van der Waals surface area (Å²) >= 11 is 0. The first-order valence-electron chi connectivity index (χ1n) is 10.3. The molecule has 0 aromatic heterocycles. The fraction of sp³-hybridized carbons (Fsp3) is 0.619. The van der Waals surface area contributed by atoms with Gasteiger partial charge >= 0.3 is 6.09 Å². The molecule has 156 valence electrons. The van der Waals surface area contributed by atoms with Gasteiger partial charge in [0.1, 0.15) is 19.3 Å². The Bertz CT molecular complexity index is 789. The third-order valence-corrected chi connectivity index (χ3v) is 5.90. The Labute approximate surface area is 169 Å². The maximum Gasteiger partial charge on any atom is 0.409 e. The number of fused-ring (bicyclic) bond motifs is 1. The second-order valence-corrected chi connectivity index (χ2v) is 7.94. The maximum absolute atomic E-state index is 14.0. The second-order valence-electron chi connectivity index (χ2n) is 7.94. The van der Waals surface area contributed by atoms with Gasteiger partial charge in [0.25, 0.3) is 0 Å². The average molecular weight is 403 g/mol. The Morgan fingerprint density at radius 3 is 2.76 bits per heavy atom. The number of piperidine rings is 1. The van der Waals surface area contributed by atoms with Crippen molar-refractivity contribution in [1.82, 2.24) is 9.80 Å². The molecule has 1 amide bonds. The highest BCUT2D eigenvalue weighted by atomic mass is 19.1. The monoisotopic (exact) mass is 403 g/mol. The van der Waals surface area contributed by atoms with Crippen LogP contribution in [0.2, 0.25) is 0 Å². The first kappa shape index (κ1) is 19.8. The number of carbonyl (C=O) groups excluding carboxylic acids is 1. The third-order valence-electron chi connectivity index (χ3n) is 5.90. The molecule has 0 bridgehead atoms. The van der Waals surface area contributed by atoms with Crippen molar-refractivity contribution >= 4 is 6.09 Å². The Morgan fingerprint density at radius 2 is 2.03 bits per heavy atom. The van der Waals surface area contributed by atoms with E-state index in [-0.39, 0.29) is 23.5 Å². The number of likely N-dealkylation sites (tertiary alicyclic amines) is 1. The number of cyclic esters (lactones) is 1. The Morgan fingerprint density at radius 1 is 1.21 bits per heavy atom. The molecule has 0 saturated carbocycles. The largest absolute Gasteiger partial charge is 0.483 e. The standard InChI is InChI=1S/C21H26FN3O4/c22-18-10-16(12-23)11-19-20(18)28-14-17(29-19)13-24-6-3-15(4-7-24)2-1-5-25-8-9-27-21(25)26/h10-11,15,17H,1-9,13-14H2. The summed E-state index contributed by atoms with van der Waals surface area (Å²) in [5, 5.41) is 9.00. The Kier molecular flexibility index (Phi) is 6.05. The number of rotatable bonds is 6. The van der Waals surface area contributed by atoms with E-state index >= 15 is 0 Å². The van der Waals surface area contributed by atoms with Crippen LogP contribution in [0.5, 0.6) is 11.5 Å². The van der Waals surface area contributed by atoms with Crippen LogP contribution in [0.3, 0.4) is 0 Å². The molecule has 0 radical (unpaired) electrons. The molecule has 8 heteroatoms. The van der Waals surface area contributed by atoms with Crippen molar-refractivity contribution in [3.05, 3.63) is 23.5 Å². The summed E-state index contributed by atoms with van der Waals surface area (Å²) in [6, 6.07) is 4.64. The Balaban J connectivity index is 1.20. The molecule has 0 aliphatic carbocycles. The number of carbonyl (C=O) groups is 1. The molecule has 2 fully saturated rings. The van der Waals surface area contributed by atoms with Crippen LogP contribution in [0.1, 0.15) is 31.2 Å². The molecule has 3 aliphatic heterocycles. The predicted molar refractivity (Wildman–Crippen MR) is 102 cm³/mol. The van der Waals surface area contributed by atoms with Gasteiger partial charge in [0.15, 0.2) is 17.3 Å². The summed E-state index contributed by atoms with van der Waals surface area (Å²) in [4.78, 5) is 15.6. The molecule has 1 aromatic rings. The van der Waals surface area contributed by atoms with Crippen LogP contribution in [-0.4, -0.2) is 67.9 Å². The van der Waals surface area contributed by atoms with Crippen LogP contribution in [0.25, 0.3) is 0 Å². The zero-order valence-electron chi connectivity index (χ0n) is 16.4. The van der Waals surface area contributed by atoms with Gasteiger partial charge in [-0.1, -0.05) is 0 Å². The van der Waals surface area contributed by atoms with Gasteiger partial charge in [-0.25, -0.2) is 9.18 Å². The number of nitriles is 1. The summed E-state index contributed by atoms with van der Waals surface area (Å²) in [6.07, 6.45) is 4.04. The molecule has 0 spiro atoms. The molecule has 2 saturated heterocycles. The van der Waals surface area contributed by atoms with Gasteiger partial charge in [0, 0.05) is 19.2 Å². The van der Waals surface area contributed by atoms with Crippen molar-refractivity contribution in [1.29, 1.82) is 5.26 Å². The van der Waals surface area contributed by atoms with Crippen LogP contribution in [0.15, 0.2) is 12.1 Å². The molecule has 3 aliphatic rings. The van der Waals surface area contributed by atoms with Gasteiger partial charge in [-0.05, 0) is 50.8 Å². The van der Waals surface area contributed by atoms with Gasteiger partial charge in [-0.2, -0.15) is 5.26 Å². The van der Waals surface area contributed by atoms with E-state index in [0.717, 1.165) is 51.9 Å². The molecule has 1 atom stereocenters. The number of ether oxygens (including phenoxy) is 3. The van der Waals surface area contributed by atoms with Crippen molar-refractivity contribution in [3.63, 3.8) is 0 Å². The van der Waals surface area contributed by atoms with Gasteiger partial charge in [-0.3, -0.25) is 4.90 Å². The van der Waals surface area contributed by atoms with E-state index in [0.29, 0.717) is 31.4 Å². The number of hydrogen-bond acceptors (Lipinski definition) is 6. The van der Waals surface area contributed by atoms with Crippen molar-refractivity contribution in [2.75, 3.05) is 45.9 Å². The first-order chi connectivity index (χ1) is 14.1. The van der Waals surface area contributed by atoms with Crippen LogP contribution >= 0.6 is 0 Å². The molecule has 1 aromatic carbocycles. The van der Waals surface area contributed by atoms with E-state index in [2.05, 4.69) is 4.90 Å².